The van der Waals surface area contributed by atoms with Crippen molar-refractivity contribution in [2.45, 2.75) is 19.5 Å². The molecular weight excluding hydrogens is 376 g/mol. The number of carbonyl (C=O) groups is 2. The Balaban J connectivity index is 1.25. The molecule has 30 heavy (non-hydrogen) atoms. The average molecular weight is 400 g/mol. The quantitative estimate of drug-likeness (QED) is 0.667. The Morgan fingerprint density at radius 3 is 2.43 bits per heavy atom. The van der Waals surface area contributed by atoms with Crippen molar-refractivity contribution in [1.29, 1.82) is 0 Å². The minimum atomic E-state index is -0.264. The van der Waals surface area contributed by atoms with E-state index in [9.17, 15) is 9.59 Å². The zero-order valence-corrected chi connectivity index (χ0v) is 16.7. The van der Waals surface area contributed by atoms with E-state index in [1.807, 2.05) is 18.2 Å². The fraction of sp³-hybridized carbons (Fsp3) is 0.208. The van der Waals surface area contributed by atoms with Gasteiger partial charge in [0.05, 0.1) is 6.54 Å². The molecule has 152 valence electrons. The maximum absolute atomic E-state index is 12.0. The van der Waals surface area contributed by atoms with E-state index in [4.69, 9.17) is 0 Å². The number of aromatic nitrogens is 1. The van der Waals surface area contributed by atoms with Crippen LogP contribution in [0.15, 0.2) is 72.9 Å². The second kappa shape index (κ2) is 9.22. The van der Waals surface area contributed by atoms with Gasteiger partial charge in [-0.25, -0.2) is 4.98 Å². The highest BCUT2D eigenvalue weighted by Gasteiger charge is 2.16. The molecule has 6 heteroatoms. The standard InChI is InChI=1S/C24H24N4O2/c29-23(16-27-24(30)20-7-2-1-3-8-20)26-15-18-10-11-22(25-14-18)28-13-12-19-6-4-5-9-21(19)17-28/h1-11,14H,12-13,15-17H2,(H,26,29)(H,27,30). The normalized spacial score (nSPS) is 12.7. The molecule has 2 aromatic carbocycles. The molecule has 1 aliphatic heterocycles. The Hall–Kier alpha value is -3.67. The summed E-state index contributed by atoms with van der Waals surface area (Å²) < 4.78 is 0. The summed E-state index contributed by atoms with van der Waals surface area (Å²) in [6.45, 7) is 2.12. The lowest BCUT2D eigenvalue weighted by Crippen LogP contribution is -2.36. The third kappa shape index (κ3) is 4.84. The first-order valence-electron chi connectivity index (χ1n) is 10.1. The lowest BCUT2D eigenvalue weighted by atomic mass is 10.00. The number of rotatable bonds is 6. The van der Waals surface area contributed by atoms with E-state index in [1.165, 1.54) is 11.1 Å². The van der Waals surface area contributed by atoms with Crippen LogP contribution in [0.2, 0.25) is 0 Å². The van der Waals surface area contributed by atoms with E-state index < -0.39 is 0 Å². The number of fused-ring (bicyclic) bond motifs is 1. The molecule has 0 saturated heterocycles. The number of pyridine rings is 1. The summed E-state index contributed by atoms with van der Waals surface area (Å²) >= 11 is 0. The SMILES string of the molecule is O=C(CNC(=O)c1ccccc1)NCc1ccc(N2CCc3ccccc3C2)nc1. The molecule has 0 radical (unpaired) electrons. The van der Waals surface area contributed by atoms with Crippen LogP contribution in [0.4, 0.5) is 5.82 Å². The molecule has 2 amide bonds. The summed E-state index contributed by atoms with van der Waals surface area (Å²) in [6, 6.07) is 21.3. The molecule has 3 aromatic rings. The van der Waals surface area contributed by atoms with Crippen LogP contribution in [0.25, 0.3) is 0 Å². The predicted molar refractivity (Wildman–Crippen MR) is 116 cm³/mol. The monoisotopic (exact) mass is 400 g/mol. The molecule has 0 spiro atoms. The fourth-order valence-electron chi connectivity index (χ4n) is 3.51. The molecule has 0 aliphatic carbocycles. The number of nitrogens with zero attached hydrogens (tertiary/aromatic N) is 2. The second-order valence-corrected chi connectivity index (χ2v) is 7.29. The highest BCUT2D eigenvalue weighted by atomic mass is 16.2. The maximum Gasteiger partial charge on any atom is 0.251 e. The van der Waals surface area contributed by atoms with Crippen LogP contribution in [0.5, 0.6) is 0 Å². The van der Waals surface area contributed by atoms with Crippen molar-refractivity contribution < 1.29 is 9.59 Å². The van der Waals surface area contributed by atoms with Gasteiger partial charge >= 0.3 is 0 Å². The van der Waals surface area contributed by atoms with Crippen LogP contribution in [-0.2, 0) is 24.3 Å². The number of benzene rings is 2. The molecule has 2 heterocycles. The van der Waals surface area contributed by atoms with E-state index in [0.717, 1.165) is 30.9 Å². The van der Waals surface area contributed by atoms with Crippen molar-refractivity contribution >= 4 is 17.6 Å². The van der Waals surface area contributed by atoms with Gasteiger partial charge in [0, 0.05) is 31.4 Å². The van der Waals surface area contributed by atoms with E-state index in [0.29, 0.717) is 12.1 Å². The molecule has 1 aliphatic rings. The second-order valence-electron chi connectivity index (χ2n) is 7.29. The zero-order valence-electron chi connectivity index (χ0n) is 16.7. The summed E-state index contributed by atoms with van der Waals surface area (Å²) in [7, 11) is 0. The fourth-order valence-corrected chi connectivity index (χ4v) is 3.51. The lowest BCUT2D eigenvalue weighted by Gasteiger charge is -2.29. The van der Waals surface area contributed by atoms with E-state index >= 15 is 0 Å². The Kier molecular flexibility index (Phi) is 6.03. The van der Waals surface area contributed by atoms with Gasteiger partial charge in [-0.3, -0.25) is 9.59 Å². The van der Waals surface area contributed by atoms with Crippen LogP contribution in [0, 0.1) is 0 Å². The van der Waals surface area contributed by atoms with Crippen molar-refractivity contribution in [2.24, 2.45) is 0 Å². The van der Waals surface area contributed by atoms with Crippen LogP contribution >= 0.6 is 0 Å². The molecular formula is C24H24N4O2. The molecule has 2 N–H and O–H groups in total. The predicted octanol–water partition coefficient (Wildman–Crippen LogP) is 2.69. The number of hydrogen-bond acceptors (Lipinski definition) is 4. The van der Waals surface area contributed by atoms with Gasteiger partial charge in [-0.05, 0) is 41.3 Å². The zero-order chi connectivity index (χ0) is 20.8. The molecule has 0 saturated carbocycles. The topological polar surface area (TPSA) is 74.3 Å². The van der Waals surface area contributed by atoms with Gasteiger partial charge in [0.2, 0.25) is 5.91 Å². The minimum Gasteiger partial charge on any atom is -0.352 e. The lowest BCUT2D eigenvalue weighted by molar-refractivity contribution is -0.120. The number of nitrogens with one attached hydrogen (secondary N) is 2. The van der Waals surface area contributed by atoms with Crippen molar-refractivity contribution in [3.05, 3.63) is 95.2 Å². The van der Waals surface area contributed by atoms with Gasteiger partial charge < -0.3 is 15.5 Å². The number of hydrogen-bond donors (Lipinski definition) is 2. The van der Waals surface area contributed by atoms with Gasteiger partial charge in [-0.15, -0.1) is 0 Å². The smallest absolute Gasteiger partial charge is 0.251 e. The first kappa shape index (κ1) is 19.6. The largest absolute Gasteiger partial charge is 0.352 e. The Labute approximate surface area is 175 Å². The third-order valence-corrected chi connectivity index (χ3v) is 5.20. The summed E-state index contributed by atoms with van der Waals surface area (Å²) in [5.74, 6) is 0.436. The molecule has 6 nitrogen and oxygen atoms in total. The molecule has 0 atom stereocenters. The van der Waals surface area contributed by atoms with Crippen molar-refractivity contribution in [2.75, 3.05) is 18.0 Å². The van der Waals surface area contributed by atoms with Crippen molar-refractivity contribution in [3.63, 3.8) is 0 Å². The van der Waals surface area contributed by atoms with Crippen LogP contribution in [-0.4, -0.2) is 29.9 Å². The molecule has 1 aromatic heterocycles. The molecule has 4 rings (SSSR count). The Bertz CT molecular complexity index is 1020. The van der Waals surface area contributed by atoms with Crippen LogP contribution < -0.4 is 15.5 Å². The summed E-state index contributed by atoms with van der Waals surface area (Å²) in [4.78, 5) is 30.9. The number of anilines is 1. The third-order valence-electron chi connectivity index (χ3n) is 5.20. The van der Waals surface area contributed by atoms with Gasteiger partial charge in [0.15, 0.2) is 0 Å². The molecule has 0 unspecified atom stereocenters. The Morgan fingerprint density at radius 1 is 0.900 bits per heavy atom. The summed E-state index contributed by atoms with van der Waals surface area (Å²) in [6.07, 6.45) is 2.81. The highest BCUT2D eigenvalue weighted by molar-refractivity contribution is 5.96. The summed E-state index contributed by atoms with van der Waals surface area (Å²) in [5.41, 5.74) is 4.20. The molecule has 0 fully saturated rings. The first-order valence-corrected chi connectivity index (χ1v) is 10.1. The van der Waals surface area contributed by atoms with Crippen molar-refractivity contribution in [1.82, 2.24) is 15.6 Å². The van der Waals surface area contributed by atoms with Gasteiger partial charge in [0.1, 0.15) is 5.82 Å². The summed E-state index contributed by atoms with van der Waals surface area (Å²) in [5, 5.41) is 5.43. The van der Waals surface area contributed by atoms with Gasteiger partial charge in [-0.2, -0.15) is 0 Å². The van der Waals surface area contributed by atoms with E-state index in [-0.39, 0.29) is 18.4 Å². The van der Waals surface area contributed by atoms with E-state index in [1.54, 1.807) is 30.5 Å². The highest BCUT2D eigenvalue weighted by Crippen LogP contribution is 2.22. The number of carbonyl (C=O) groups excluding carboxylic acids is 2. The maximum atomic E-state index is 12.0. The van der Waals surface area contributed by atoms with Gasteiger partial charge in [-0.1, -0.05) is 48.5 Å². The average Bonchev–Trinajstić information content (AvgIpc) is 2.81. The minimum absolute atomic E-state index is 0.0631. The van der Waals surface area contributed by atoms with Gasteiger partial charge in [0.25, 0.3) is 5.91 Å². The van der Waals surface area contributed by atoms with Crippen LogP contribution in [0.3, 0.4) is 0 Å². The first-order chi connectivity index (χ1) is 14.7. The van der Waals surface area contributed by atoms with Crippen molar-refractivity contribution in [3.8, 4) is 0 Å². The van der Waals surface area contributed by atoms with Crippen LogP contribution in [0.1, 0.15) is 27.0 Å². The molecule has 0 bridgehead atoms. The Morgan fingerprint density at radius 2 is 1.67 bits per heavy atom. The van der Waals surface area contributed by atoms with E-state index in [2.05, 4.69) is 44.8 Å². The number of amides is 2.